The number of carbonyl (C=O) groups is 1. The number of nitrogens with zero attached hydrogens (tertiary/aromatic N) is 3. The number of fused-ring (bicyclic) bond motifs is 1. The molecule has 4 nitrogen and oxygen atoms in total. The fourth-order valence-corrected chi connectivity index (χ4v) is 6.03. The van der Waals surface area contributed by atoms with E-state index in [2.05, 4.69) is 38.8 Å². The molecular weight excluding hydrogens is 474 g/mol. The standard InChI is InChI=1S/C29H28ClN3OS/c1-19-18-29(2,3)32(4)25-17-24(30)20(15-23(19)25)16-26-27(34)33(22-13-9-6-10-14-22)28(35-26)31-21-11-7-5-8-12-21/h5-17,19H,18H2,1-4H3/b26-16-,31-28?/t19-/m1/s1. The summed E-state index contributed by atoms with van der Waals surface area (Å²) < 4.78 is 0. The fraction of sp³-hybridized carbons (Fsp3) is 0.241. The van der Waals surface area contributed by atoms with E-state index in [4.69, 9.17) is 16.6 Å². The number of amides is 1. The van der Waals surface area contributed by atoms with Gasteiger partial charge in [-0.25, -0.2) is 4.99 Å². The Labute approximate surface area is 216 Å². The van der Waals surface area contributed by atoms with Gasteiger partial charge in [0.2, 0.25) is 0 Å². The second kappa shape index (κ2) is 9.21. The van der Waals surface area contributed by atoms with Crippen molar-refractivity contribution in [1.82, 2.24) is 0 Å². The molecule has 0 aromatic heterocycles. The zero-order chi connectivity index (χ0) is 24.7. The minimum absolute atomic E-state index is 0.0615. The topological polar surface area (TPSA) is 35.9 Å². The number of benzene rings is 3. The highest BCUT2D eigenvalue weighted by Gasteiger charge is 2.36. The average molecular weight is 502 g/mol. The van der Waals surface area contributed by atoms with Crippen molar-refractivity contribution in [2.24, 2.45) is 4.99 Å². The molecule has 1 amide bonds. The molecule has 0 bridgehead atoms. The smallest absolute Gasteiger partial charge is 0.271 e. The quantitative estimate of drug-likeness (QED) is 0.342. The van der Waals surface area contributed by atoms with Crippen LogP contribution in [-0.4, -0.2) is 23.7 Å². The Hall–Kier alpha value is -3.02. The molecule has 2 heterocycles. The maximum Gasteiger partial charge on any atom is 0.271 e. The van der Waals surface area contributed by atoms with Crippen LogP contribution in [0, 0.1) is 0 Å². The summed E-state index contributed by atoms with van der Waals surface area (Å²) in [5.74, 6) is 0.296. The molecule has 3 aromatic carbocycles. The van der Waals surface area contributed by atoms with Gasteiger partial charge in [-0.2, -0.15) is 0 Å². The van der Waals surface area contributed by atoms with Gasteiger partial charge < -0.3 is 4.90 Å². The van der Waals surface area contributed by atoms with E-state index in [1.807, 2.05) is 72.8 Å². The second-order valence-electron chi connectivity index (χ2n) is 9.73. The monoisotopic (exact) mass is 501 g/mol. The van der Waals surface area contributed by atoms with Crippen LogP contribution in [0.1, 0.15) is 44.2 Å². The summed E-state index contributed by atoms with van der Waals surface area (Å²) in [6, 6.07) is 23.5. The van der Waals surface area contributed by atoms with E-state index in [0.29, 0.717) is 21.0 Å². The van der Waals surface area contributed by atoms with E-state index >= 15 is 0 Å². The van der Waals surface area contributed by atoms with Gasteiger partial charge in [-0.05, 0) is 91.5 Å². The first kappa shape index (κ1) is 23.7. The van der Waals surface area contributed by atoms with Crippen molar-refractivity contribution < 1.29 is 4.79 Å². The molecule has 178 valence electrons. The first-order valence-corrected chi connectivity index (χ1v) is 12.9. The number of amidine groups is 1. The van der Waals surface area contributed by atoms with E-state index in [1.54, 1.807) is 4.90 Å². The summed E-state index contributed by atoms with van der Waals surface area (Å²) in [5, 5.41) is 1.27. The molecule has 0 radical (unpaired) electrons. The van der Waals surface area contributed by atoms with Crippen LogP contribution >= 0.6 is 23.4 Å². The summed E-state index contributed by atoms with van der Waals surface area (Å²) in [5.41, 5.74) is 4.93. The molecule has 0 aliphatic carbocycles. The molecule has 1 atom stereocenters. The molecule has 1 fully saturated rings. The van der Waals surface area contributed by atoms with Gasteiger partial charge >= 0.3 is 0 Å². The Kier molecular flexibility index (Phi) is 6.24. The van der Waals surface area contributed by atoms with Crippen molar-refractivity contribution >= 4 is 57.6 Å². The second-order valence-corrected chi connectivity index (χ2v) is 11.1. The minimum atomic E-state index is -0.101. The van der Waals surface area contributed by atoms with Crippen LogP contribution < -0.4 is 9.80 Å². The van der Waals surface area contributed by atoms with E-state index < -0.39 is 0 Å². The summed E-state index contributed by atoms with van der Waals surface area (Å²) in [7, 11) is 2.12. The third-order valence-electron chi connectivity index (χ3n) is 6.84. The van der Waals surface area contributed by atoms with Crippen LogP contribution in [0.15, 0.2) is 82.7 Å². The van der Waals surface area contributed by atoms with Crippen LogP contribution in [0.5, 0.6) is 0 Å². The number of hydrogen-bond acceptors (Lipinski definition) is 4. The Morgan fingerprint density at radius 2 is 1.71 bits per heavy atom. The number of halogens is 1. The van der Waals surface area contributed by atoms with Gasteiger partial charge in [0.15, 0.2) is 5.17 Å². The van der Waals surface area contributed by atoms with Gasteiger partial charge in [-0.15, -0.1) is 0 Å². The minimum Gasteiger partial charge on any atom is -0.369 e. The Balaban J connectivity index is 1.57. The van der Waals surface area contributed by atoms with Crippen molar-refractivity contribution in [1.29, 1.82) is 0 Å². The predicted octanol–water partition coefficient (Wildman–Crippen LogP) is 7.87. The number of rotatable bonds is 3. The summed E-state index contributed by atoms with van der Waals surface area (Å²) >= 11 is 8.15. The highest BCUT2D eigenvalue weighted by molar-refractivity contribution is 8.19. The number of aliphatic imine (C=N–C) groups is 1. The molecule has 6 heteroatoms. The molecule has 5 rings (SSSR count). The predicted molar refractivity (Wildman–Crippen MR) is 150 cm³/mol. The van der Waals surface area contributed by atoms with Crippen molar-refractivity contribution in [2.75, 3.05) is 16.8 Å². The molecule has 3 aromatic rings. The first-order chi connectivity index (χ1) is 16.7. The SMILES string of the molecule is C[C@@H]1CC(C)(C)N(C)c2cc(Cl)c(/C=C3\SC(=Nc4ccccc4)N(c4ccccc4)C3=O)cc21. The summed E-state index contributed by atoms with van der Waals surface area (Å²) in [4.78, 5) is 23.0. The van der Waals surface area contributed by atoms with Crippen molar-refractivity contribution in [3.8, 4) is 0 Å². The molecule has 0 saturated carbocycles. The molecule has 0 spiro atoms. The Bertz CT molecular complexity index is 1330. The molecule has 0 unspecified atom stereocenters. The van der Waals surface area contributed by atoms with Gasteiger partial charge in [0.25, 0.3) is 5.91 Å². The normalized spacial score (nSPS) is 21.6. The number of para-hydroxylation sites is 2. The third-order valence-corrected chi connectivity index (χ3v) is 8.14. The maximum atomic E-state index is 13.6. The van der Waals surface area contributed by atoms with E-state index in [1.165, 1.54) is 17.3 Å². The number of hydrogen-bond donors (Lipinski definition) is 0. The van der Waals surface area contributed by atoms with Crippen LogP contribution in [-0.2, 0) is 4.79 Å². The zero-order valence-electron chi connectivity index (χ0n) is 20.3. The third kappa shape index (κ3) is 4.51. The van der Waals surface area contributed by atoms with Gasteiger partial charge in [0.05, 0.1) is 16.3 Å². The fourth-order valence-electron chi connectivity index (χ4n) is 4.82. The van der Waals surface area contributed by atoms with Crippen molar-refractivity contribution in [3.05, 3.63) is 93.9 Å². The number of carbonyl (C=O) groups excluding carboxylic acids is 1. The molecule has 35 heavy (non-hydrogen) atoms. The first-order valence-electron chi connectivity index (χ1n) is 11.7. The zero-order valence-corrected chi connectivity index (χ0v) is 21.9. The summed E-state index contributed by atoms with van der Waals surface area (Å²) in [6.07, 6.45) is 2.96. The summed E-state index contributed by atoms with van der Waals surface area (Å²) in [6.45, 7) is 6.78. The molecule has 1 saturated heterocycles. The molecular formula is C29H28ClN3OS. The van der Waals surface area contributed by atoms with Gasteiger partial charge in [0.1, 0.15) is 0 Å². The highest BCUT2D eigenvalue weighted by atomic mass is 35.5. The largest absolute Gasteiger partial charge is 0.369 e. The average Bonchev–Trinajstić information content (AvgIpc) is 3.14. The Morgan fingerprint density at radius 1 is 1.06 bits per heavy atom. The molecule has 0 N–H and O–H groups in total. The highest BCUT2D eigenvalue weighted by Crippen LogP contribution is 2.45. The van der Waals surface area contributed by atoms with E-state index in [9.17, 15) is 4.79 Å². The lowest BCUT2D eigenvalue weighted by Gasteiger charge is -2.45. The lowest BCUT2D eigenvalue weighted by Crippen LogP contribution is -2.45. The van der Waals surface area contributed by atoms with E-state index in [-0.39, 0.29) is 11.4 Å². The van der Waals surface area contributed by atoms with E-state index in [0.717, 1.165) is 29.0 Å². The van der Waals surface area contributed by atoms with Crippen LogP contribution in [0.2, 0.25) is 5.02 Å². The van der Waals surface area contributed by atoms with Crippen LogP contribution in [0.4, 0.5) is 17.1 Å². The lowest BCUT2D eigenvalue weighted by atomic mass is 9.80. The van der Waals surface area contributed by atoms with Gasteiger partial charge in [-0.3, -0.25) is 9.69 Å². The van der Waals surface area contributed by atoms with Crippen molar-refractivity contribution in [2.45, 2.75) is 38.6 Å². The van der Waals surface area contributed by atoms with Crippen molar-refractivity contribution in [3.63, 3.8) is 0 Å². The van der Waals surface area contributed by atoms with Crippen LogP contribution in [0.25, 0.3) is 6.08 Å². The lowest BCUT2D eigenvalue weighted by molar-refractivity contribution is -0.113. The molecule has 2 aliphatic rings. The molecule has 2 aliphatic heterocycles. The Morgan fingerprint density at radius 3 is 2.40 bits per heavy atom. The number of anilines is 2. The van der Waals surface area contributed by atoms with Gasteiger partial charge in [-0.1, -0.05) is 54.9 Å². The number of thioether (sulfide) groups is 1. The maximum absolute atomic E-state index is 13.6. The van der Waals surface area contributed by atoms with Gasteiger partial charge in [0, 0.05) is 23.3 Å². The van der Waals surface area contributed by atoms with Crippen LogP contribution in [0.3, 0.4) is 0 Å².